The van der Waals surface area contributed by atoms with Crippen LogP contribution in [0, 0.1) is 0 Å². The van der Waals surface area contributed by atoms with E-state index in [4.69, 9.17) is 15.2 Å². The molecule has 1 fully saturated rings. The van der Waals surface area contributed by atoms with Crippen molar-refractivity contribution in [3.8, 4) is 5.88 Å². The van der Waals surface area contributed by atoms with Crippen molar-refractivity contribution in [2.24, 2.45) is 5.73 Å². The van der Waals surface area contributed by atoms with Crippen LogP contribution in [0.1, 0.15) is 24.1 Å². The van der Waals surface area contributed by atoms with Gasteiger partial charge < -0.3 is 25.8 Å². The van der Waals surface area contributed by atoms with Gasteiger partial charge in [0, 0.05) is 30.9 Å². The fraction of sp³-hybridized carbons (Fsp3) is 0.417. The predicted molar refractivity (Wildman–Crippen MR) is 131 cm³/mol. The number of pyridine rings is 3. The molecule has 5 heterocycles. The topological polar surface area (TPSA) is 124 Å². The Morgan fingerprint density at radius 2 is 2.18 bits per heavy atom. The molecule has 0 spiro atoms. The summed E-state index contributed by atoms with van der Waals surface area (Å²) >= 11 is 1.52. The number of anilines is 1. The van der Waals surface area contributed by atoms with E-state index >= 15 is 0 Å². The predicted octanol–water partition coefficient (Wildman–Crippen LogP) is 2.28. The Morgan fingerprint density at radius 3 is 3.00 bits per heavy atom. The van der Waals surface area contributed by atoms with Gasteiger partial charge in [-0.15, -0.1) is 11.8 Å². The van der Waals surface area contributed by atoms with Crippen molar-refractivity contribution < 1.29 is 14.3 Å². The summed E-state index contributed by atoms with van der Waals surface area (Å²) in [6, 6.07) is 9.80. The molecule has 3 aromatic heterocycles. The molecule has 1 amide bonds. The van der Waals surface area contributed by atoms with Gasteiger partial charge in [-0.2, -0.15) is 0 Å². The van der Waals surface area contributed by atoms with Gasteiger partial charge in [0.2, 0.25) is 11.8 Å². The molecule has 0 radical (unpaired) electrons. The van der Waals surface area contributed by atoms with E-state index in [1.165, 1.54) is 11.8 Å². The first-order valence-electron chi connectivity index (χ1n) is 11.4. The Hall–Kier alpha value is -2.79. The minimum atomic E-state index is -0.136. The highest BCUT2D eigenvalue weighted by molar-refractivity contribution is 8.00. The molecule has 0 aliphatic carbocycles. The fourth-order valence-electron chi connectivity index (χ4n) is 4.35. The molecule has 9 nitrogen and oxygen atoms in total. The first-order valence-corrected chi connectivity index (χ1v) is 12.4. The number of nitrogens with two attached hydrogens (primary N) is 1. The van der Waals surface area contributed by atoms with Crippen molar-refractivity contribution in [1.29, 1.82) is 0 Å². The largest absolute Gasteiger partial charge is 0.481 e. The third kappa shape index (κ3) is 5.15. The summed E-state index contributed by atoms with van der Waals surface area (Å²) in [5.41, 5.74) is 10.1. The van der Waals surface area contributed by atoms with E-state index in [-0.39, 0.29) is 24.1 Å². The molecular formula is C24H28N6O3S. The van der Waals surface area contributed by atoms with Gasteiger partial charge in [-0.1, -0.05) is 0 Å². The molecule has 0 aromatic carbocycles. The van der Waals surface area contributed by atoms with Gasteiger partial charge in [0.15, 0.2) is 0 Å². The Morgan fingerprint density at radius 1 is 1.26 bits per heavy atom. The summed E-state index contributed by atoms with van der Waals surface area (Å²) in [7, 11) is 1.61. The van der Waals surface area contributed by atoms with Crippen LogP contribution in [0.15, 0.2) is 41.4 Å². The van der Waals surface area contributed by atoms with Crippen molar-refractivity contribution in [2.75, 3.05) is 24.8 Å². The maximum absolute atomic E-state index is 11.6. The third-order valence-corrected chi connectivity index (χ3v) is 7.25. The zero-order valence-electron chi connectivity index (χ0n) is 19.0. The molecule has 2 aliphatic rings. The average Bonchev–Trinajstić information content (AvgIpc) is 2.87. The second kappa shape index (κ2) is 10.2. The Balaban J connectivity index is 1.14. The molecule has 0 bridgehead atoms. The lowest BCUT2D eigenvalue weighted by atomic mass is 9.95. The van der Waals surface area contributed by atoms with Crippen molar-refractivity contribution in [1.82, 2.24) is 20.3 Å². The average molecular weight is 481 g/mol. The maximum Gasteiger partial charge on any atom is 0.235 e. The van der Waals surface area contributed by atoms with Gasteiger partial charge in [-0.3, -0.25) is 9.78 Å². The van der Waals surface area contributed by atoms with Crippen LogP contribution in [0.4, 0.5) is 5.82 Å². The molecule has 10 heteroatoms. The molecule has 0 unspecified atom stereocenters. The molecule has 0 saturated carbocycles. The highest BCUT2D eigenvalue weighted by atomic mass is 32.2. The molecule has 2 aliphatic heterocycles. The van der Waals surface area contributed by atoms with E-state index in [2.05, 4.69) is 25.6 Å². The second-order valence-corrected chi connectivity index (χ2v) is 9.59. The van der Waals surface area contributed by atoms with Gasteiger partial charge in [-0.05, 0) is 49.1 Å². The van der Waals surface area contributed by atoms with Gasteiger partial charge in [0.05, 0.1) is 47.2 Å². The minimum Gasteiger partial charge on any atom is -0.481 e. The molecule has 1 saturated heterocycles. The monoisotopic (exact) mass is 480 g/mol. The van der Waals surface area contributed by atoms with Gasteiger partial charge in [-0.25, -0.2) is 9.97 Å². The molecule has 3 atom stereocenters. The van der Waals surface area contributed by atoms with Crippen molar-refractivity contribution in [2.45, 2.75) is 48.9 Å². The van der Waals surface area contributed by atoms with E-state index in [0.717, 1.165) is 40.0 Å². The van der Waals surface area contributed by atoms with Crippen LogP contribution in [0.5, 0.6) is 5.88 Å². The Labute approximate surface area is 202 Å². The van der Waals surface area contributed by atoms with Crippen molar-refractivity contribution >= 4 is 34.5 Å². The summed E-state index contributed by atoms with van der Waals surface area (Å²) in [6.07, 6.45) is 4.28. The van der Waals surface area contributed by atoms with Crippen LogP contribution in [0.2, 0.25) is 0 Å². The number of carbonyl (C=O) groups excluding carboxylic acids is 1. The number of fused-ring (bicyclic) bond motifs is 2. The number of aromatic nitrogens is 3. The number of rotatable bonds is 7. The highest BCUT2D eigenvalue weighted by Crippen LogP contribution is 2.29. The van der Waals surface area contributed by atoms with E-state index in [0.29, 0.717) is 37.0 Å². The van der Waals surface area contributed by atoms with Crippen LogP contribution in [-0.2, 0) is 22.5 Å². The summed E-state index contributed by atoms with van der Waals surface area (Å²) in [5, 5.41) is 6.36. The first-order chi connectivity index (χ1) is 16.6. The van der Waals surface area contributed by atoms with E-state index in [1.807, 2.05) is 30.3 Å². The minimum absolute atomic E-state index is 0.00662. The van der Waals surface area contributed by atoms with Gasteiger partial charge in [0.25, 0.3) is 0 Å². The van der Waals surface area contributed by atoms with Crippen LogP contribution >= 0.6 is 11.8 Å². The lowest BCUT2D eigenvalue weighted by Crippen LogP contribution is -2.47. The Bertz CT molecular complexity index is 1180. The Kier molecular flexibility index (Phi) is 6.91. The van der Waals surface area contributed by atoms with Crippen LogP contribution in [0.25, 0.3) is 11.0 Å². The van der Waals surface area contributed by atoms with Gasteiger partial charge >= 0.3 is 0 Å². The van der Waals surface area contributed by atoms with Crippen molar-refractivity contribution in [3.05, 3.63) is 47.8 Å². The van der Waals surface area contributed by atoms with Crippen LogP contribution in [-0.4, -0.2) is 58.5 Å². The number of nitrogens with zero attached hydrogens (tertiary/aromatic N) is 3. The van der Waals surface area contributed by atoms with E-state index < -0.39 is 0 Å². The number of ether oxygens (including phenoxy) is 2. The number of amides is 1. The molecule has 5 rings (SSSR count). The van der Waals surface area contributed by atoms with Gasteiger partial charge in [0.1, 0.15) is 5.82 Å². The number of nitrogens with one attached hydrogen (secondary N) is 2. The lowest BCUT2D eigenvalue weighted by Gasteiger charge is -2.33. The number of carbonyl (C=O) groups is 1. The second-order valence-electron chi connectivity index (χ2n) is 8.57. The zero-order chi connectivity index (χ0) is 23.5. The third-order valence-electron chi connectivity index (χ3n) is 6.20. The normalized spacial score (nSPS) is 21.1. The maximum atomic E-state index is 11.6. The zero-order valence-corrected chi connectivity index (χ0v) is 19.8. The molecular weight excluding hydrogens is 452 g/mol. The quantitative estimate of drug-likeness (QED) is 0.467. The summed E-state index contributed by atoms with van der Waals surface area (Å²) in [5.74, 6) is 1.65. The molecule has 4 N–H and O–H groups in total. The summed E-state index contributed by atoms with van der Waals surface area (Å²) in [6.45, 7) is 1.22. The lowest BCUT2D eigenvalue weighted by molar-refractivity contribution is -0.113. The van der Waals surface area contributed by atoms with E-state index in [1.54, 1.807) is 13.3 Å². The fourth-order valence-corrected chi connectivity index (χ4v) is 5.10. The first kappa shape index (κ1) is 23.0. The van der Waals surface area contributed by atoms with Crippen LogP contribution in [0.3, 0.4) is 0 Å². The highest BCUT2D eigenvalue weighted by Gasteiger charge is 2.27. The summed E-state index contributed by atoms with van der Waals surface area (Å²) in [4.78, 5) is 26.2. The van der Waals surface area contributed by atoms with E-state index in [9.17, 15) is 4.79 Å². The molecule has 34 heavy (non-hydrogen) atoms. The number of hydrogen-bond donors (Lipinski definition) is 3. The standard InChI is InChI=1S/C24H28N6O3S/c1-32-22-7-4-18-23(30-22)14(8-9-26-18)10-17(25)19-5-2-16(12-33-19)27-11-15-3-6-20-24(28-15)29-21(31)13-34-20/h3-4,6-9,16-17,19,27H,2,5,10-13,25H2,1H3,(H,28,29,31)/t16-,17+,19+/m1/s1. The van der Waals surface area contributed by atoms with Crippen LogP contribution < -0.4 is 21.1 Å². The summed E-state index contributed by atoms with van der Waals surface area (Å²) < 4.78 is 11.4. The smallest absolute Gasteiger partial charge is 0.235 e. The number of methoxy groups -OCH3 is 1. The number of hydrogen-bond acceptors (Lipinski definition) is 9. The SMILES string of the molecule is COc1ccc2nccc(C[C@H](N)[C@@H]3CC[C@@H](NCc4ccc5c(n4)NC(=O)CS5)CO3)c2n1. The van der Waals surface area contributed by atoms with Crippen molar-refractivity contribution in [3.63, 3.8) is 0 Å². The molecule has 178 valence electrons. The molecule has 3 aromatic rings. The number of thioether (sulfide) groups is 1.